The predicted octanol–water partition coefficient (Wildman–Crippen LogP) is 3.64. The highest BCUT2D eigenvalue weighted by Crippen LogP contribution is 2.26. The van der Waals surface area contributed by atoms with Gasteiger partial charge in [0.15, 0.2) is 0 Å². The first-order valence-electron chi connectivity index (χ1n) is 8.78. The van der Waals surface area contributed by atoms with Crippen LogP contribution in [0.2, 0.25) is 0 Å². The lowest BCUT2D eigenvalue weighted by atomic mass is 10.2. The molecule has 1 unspecified atom stereocenters. The third-order valence-electron chi connectivity index (χ3n) is 4.27. The topological polar surface area (TPSA) is 85.6 Å². The molecule has 4 rings (SSSR count). The van der Waals surface area contributed by atoms with Gasteiger partial charge in [0, 0.05) is 11.6 Å². The molecule has 2 aromatic heterocycles. The standard InChI is InChI=1S/C20H18N6OS/c1-13-8-10-15(11-9-13)26-20(23-24-25-26)28-14(2)19(27)22-18-7-3-6-17-16(18)5-4-12-21-17/h3-12,14H,1-2H3,(H,22,27). The molecule has 0 saturated heterocycles. The van der Waals surface area contributed by atoms with Crippen LogP contribution in [0.1, 0.15) is 12.5 Å². The van der Waals surface area contributed by atoms with Gasteiger partial charge in [-0.1, -0.05) is 35.5 Å². The second-order valence-electron chi connectivity index (χ2n) is 6.33. The Hall–Kier alpha value is -3.26. The molecule has 2 aromatic carbocycles. The molecule has 7 nitrogen and oxygen atoms in total. The number of carbonyl (C=O) groups excluding carboxylic acids is 1. The number of nitrogens with one attached hydrogen (secondary N) is 1. The largest absolute Gasteiger partial charge is 0.324 e. The summed E-state index contributed by atoms with van der Waals surface area (Å²) >= 11 is 1.31. The van der Waals surface area contributed by atoms with Crippen molar-refractivity contribution >= 4 is 34.3 Å². The van der Waals surface area contributed by atoms with E-state index in [1.807, 2.05) is 68.4 Å². The maximum Gasteiger partial charge on any atom is 0.237 e. The van der Waals surface area contributed by atoms with Gasteiger partial charge in [0.1, 0.15) is 0 Å². The summed E-state index contributed by atoms with van der Waals surface area (Å²) in [5.41, 5.74) is 3.58. The molecular weight excluding hydrogens is 372 g/mol. The number of aryl methyl sites for hydroxylation is 1. The van der Waals surface area contributed by atoms with Crippen LogP contribution < -0.4 is 5.32 Å². The first kappa shape index (κ1) is 18.1. The highest BCUT2D eigenvalue weighted by molar-refractivity contribution is 8.00. The van der Waals surface area contributed by atoms with Crippen molar-refractivity contribution in [3.63, 3.8) is 0 Å². The molecule has 0 bridgehead atoms. The number of carbonyl (C=O) groups is 1. The number of hydrogen-bond donors (Lipinski definition) is 1. The van der Waals surface area contributed by atoms with Gasteiger partial charge in [-0.05, 0) is 60.7 Å². The Morgan fingerprint density at radius 3 is 2.75 bits per heavy atom. The van der Waals surface area contributed by atoms with E-state index >= 15 is 0 Å². The van der Waals surface area contributed by atoms with Crippen LogP contribution in [0, 0.1) is 6.92 Å². The Kier molecular flexibility index (Phi) is 5.03. The zero-order chi connectivity index (χ0) is 19.5. The zero-order valence-electron chi connectivity index (χ0n) is 15.4. The van der Waals surface area contributed by atoms with E-state index in [-0.39, 0.29) is 11.2 Å². The summed E-state index contributed by atoms with van der Waals surface area (Å²) in [7, 11) is 0. The lowest BCUT2D eigenvalue weighted by Crippen LogP contribution is -2.23. The Bertz CT molecular complexity index is 1120. The average molecular weight is 390 g/mol. The van der Waals surface area contributed by atoms with Gasteiger partial charge in [-0.3, -0.25) is 9.78 Å². The number of hydrogen-bond acceptors (Lipinski definition) is 6. The van der Waals surface area contributed by atoms with Gasteiger partial charge in [-0.15, -0.1) is 5.10 Å². The number of aromatic nitrogens is 5. The molecule has 2 heterocycles. The second-order valence-corrected chi connectivity index (χ2v) is 7.64. The maximum absolute atomic E-state index is 12.7. The Labute approximate surface area is 166 Å². The molecule has 140 valence electrons. The molecule has 0 radical (unpaired) electrons. The number of anilines is 1. The number of benzene rings is 2. The predicted molar refractivity (Wildman–Crippen MR) is 110 cm³/mol. The number of rotatable bonds is 5. The molecule has 0 aliphatic heterocycles. The van der Waals surface area contributed by atoms with Crippen LogP contribution in [-0.4, -0.2) is 36.3 Å². The van der Waals surface area contributed by atoms with Crippen LogP contribution in [-0.2, 0) is 4.79 Å². The molecule has 1 atom stereocenters. The van der Waals surface area contributed by atoms with Crippen LogP contribution >= 0.6 is 11.8 Å². The van der Waals surface area contributed by atoms with Gasteiger partial charge in [0.25, 0.3) is 0 Å². The summed E-state index contributed by atoms with van der Waals surface area (Å²) < 4.78 is 1.63. The lowest BCUT2D eigenvalue weighted by Gasteiger charge is -2.13. The van der Waals surface area contributed by atoms with Crippen molar-refractivity contribution in [3.8, 4) is 5.69 Å². The van der Waals surface area contributed by atoms with Gasteiger partial charge < -0.3 is 5.32 Å². The minimum absolute atomic E-state index is 0.125. The van der Waals surface area contributed by atoms with Crippen LogP contribution in [0.5, 0.6) is 0 Å². The van der Waals surface area contributed by atoms with Gasteiger partial charge in [-0.2, -0.15) is 4.68 Å². The highest BCUT2D eigenvalue weighted by atomic mass is 32.2. The monoisotopic (exact) mass is 390 g/mol. The summed E-state index contributed by atoms with van der Waals surface area (Å²) in [5.74, 6) is -0.125. The molecule has 4 aromatic rings. The van der Waals surface area contributed by atoms with E-state index in [0.717, 1.165) is 27.8 Å². The fourth-order valence-electron chi connectivity index (χ4n) is 2.76. The third kappa shape index (κ3) is 3.72. The molecule has 0 saturated carbocycles. The van der Waals surface area contributed by atoms with Crippen molar-refractivity contribution in [2.75, 3.05) is 5.32 Å². The van der Waals surface area contributed by atoms with E-state index in [1.165, 1.54) is 11.8 Å². The first-order chi connectivity index (χ1) is 13.6. The third-order valence-corrected chi connectivity index (χ3v) is 5.31. The summed E-state index contributed by atoms with van der Waals surface area (Å²) in [6.45, 7) is 3.85. The first-order valence-corrected chi connectivity index (χ1v) is 9.66. The molecule has 1 N–H and O–H groups in total. The Morgan fingerprint density at radius 1 is 1.11 bits per heavy atom. The maximum atomic E-state index is 12.7. The molecule has 28 heavy (non-hydrogen) atoms. The van der Waals surface area contributed by atoms with Crippen LogP contribution in [0.3, 0.4) is 0 Å². The Balaban J connectivity index is 1.51. The summed E-state index contributed by atoms with van der Waals surface area (Å²) in [6.07, 6.45) is 1.73. The van der Waals surface area contributed by atoms with E-state index in [9.17, 15) is 4.79 Å². The van der Waals surface area contributed by atoms with Crippen molar-refractivity contribution in [1.29, 1.82) is 0 Å². The van der Waals surface area contributed by atoms with Crippen molar-refractivity contribution in [3.05, 3.63) is 66.4 Å². The minimum atomic E-state index is -0.387. The number of thioether (sulfide) groups is 1. The lowest BCUT2D eigenvalue weighted by molar-refractivity contribution is -0.115. The number of amides is 1. The van der Waals surface area contributed by atoms with Gasteiger partial charge >= 0.3 is 0 Å². The van der Waals surface area contributed by atoms with Crippen LogP contribution in [0.15, 0.2) is 66.0 Å². The van der Waals surface area contributed by atoms with Crippen molar-refractivity contribution in [2.24, 2.45) is 0 Å². The van der Waals surface area contributed by atoms with Gasteiger partial charge in [-0.25, -0.2) is 0 Å². The van der Waals surface area contributed by atoms with E-state index in [1.54, 1.807) is 10.9 Å². The smallest absolute Gasteiger partial charge is 0.237 e. The minimum Gasteiger partial charge on any atom is -0.324 e. The van der Waals surface area contributed by atoms with E-state index in [2.05, 4.69) is 25.8 Å². The van der Waals surface area contributed by atoms with E-state index in [4.69, 9.17) is 0 Å². The molecule has 0 spiro atoms. The van der Waals surface area contributed by atoms with Gasteiger partial charge in [0.05, 0.1) is 22.1 Å². The van der Waals surface area contributed by atoms with Crippen molar-refractivity contribution < 1.29 is 4.79 Å². The second kappa shape index (κ2) is 7.77. The summed E-state index contributed by atoms with van der Waals surface area (Å²) in [5, 5.41) is 15.9. The number of fused-ring (bicyclic) bond motifs is 1. The molecule has 1 amide bonds. The van der Waals surface area contributed by atoms with E-state index < -0.39 is 0 Å². The van der Waals surface area contributed by atoms with Gasteiger partial charge in [0.2, 0.25) is 11.1 Å². The summed E-state index contributed by atoms with van der Waals surface area (Å²) in [6, 6.07) is 17.3. The normalized spacial score (nSPS) is 12.1. The molecule has 0 aliphatic rings. The Morgan fingerprint density at radius 2 is 1.93 bits per heavy atom. The fraction of sp³-hybridized carbons (Fsp3) is 0.150. The van der Waals surface area contributed by atoms with E-state index in [0.29, 0.717) is 5.16 Å². The molecule has 0 aliphatic carbocycles. The van der Waals surface area contributed by atoms with Crippen molar-refractivity contribution in [1.82, 2.24) is 25.2 Å². The molecule has 8 heteroatoms. The van der Waals surface area contributed by atoms with Crippen LogP contribution in [0.4, 0.5) is 5.69 Å². The van der Waals surface area contributed by atoms with Crippen molar-refractivity contribution in [2.45, 2.75) is 24.3 Å². The summed E-state index contributed by atoms with van der Waals surface area (Å²) in [4.78, 5) is 17.1. The molecule has 0 fully saturated rings. The highest BCUT2D eigenvalue weighted by Gasteiger charge is 2.20. The average Bonchev–Trinajstić information content (AvgIpc) is 3.17. The number of tetrazole rings is 1. The quantitative estimate of drug-likeness (QED) is 0.524. The molecular formula is C20H18N6OS. The zero-order valence-corrected chi connectivity index (χ0v) is 16.2. The SMILES string of the molecule is Cc1ccc(-n2nnnc2SC(C)C(=O)Nc2cccc3ncccc23)cc1. The number of nitrogens with zero attached hydrogens (tertiary/aromatic N) is 5. The van der Waals surface area contributed by atoms with Crippen LogP contribution in [0.25, 0.3) is 16.6 Å². The number of pyridine rings is 1. The fourth-order valence-corrected chi connectivity index (χ4v) is 3.57.